The first-order valence-electron chi connectivity index (χ1n) is 11.2. The van der Waals surface area contributed by atoms with E-state index in [9.17, 15) is 9.59 Å². The van der Waals surface area contributed by atoms with E-state index in [0.29, 0.717) is 33.8 Å². The summed E-state index contributed by atoms with van der Waals surface area (Å²) in [4.78, 5) is 28.4. The number of rotatable bonds is 11. The van der Waals surface area contributed by atoms with Crippen molar-refractivity contribution in [1.29, 1.82) is 0 Å². The Morgan fingerprint density at radius 3 is 2.17 bits per heavy atom. The van der Waals surface area contributed by atoms with Gasteiger partial charge in [0.1, 0.15) is 6.04 Å². The van der Waals surface area contributed by atoms with Gasteiger partial charge in [0.2, 0.25) is 11.8 Å². The highest BCUT2D eigenvalue weighted by atomic mass is 35.5. The van der Waals surface area contributed by atoms with Crippen LogP contribution in [0, 0.1) is 0 Å². The van der Waals surface area contributed by atoms with Gasteiger partial charge in [0.15, 0.2) is 0 Å². The van der Waals surface area contributed by atoms with E-state index in [4.69, 9.17) is 34.8 Å². The molecule has 1 atom stereocenters. The number of hydrogen-bond donors (Lipinski definition) is 1. The van der Waals surface area contributed by atoms with Crippen LogP contribution in [0.5, 0.6) is 0 Å². The molecule has 0 heterocycles. The molecule has 8 heteroatoms. The van der Waals surface area contributed by atoms with Gasteiger partial charge < -0.3 is 10.2 Å². The smallest absolute Gasteiger partial charge is 0.243 e. The molecule has 1 N–H and O–H groups in total. The van der Waals surface area contributed by atoms with Gasteiger partial charge in [-0.1, -0.05) is 83.3 Å². The minimum Gasteiger partial charge on any atom is -0.355 e. The third-order valence-corrected chi connectivity index (χ3v) is 7.33. The monoisotopic (exact) mass is 548 g/mol. The molecule has 0 fully saturated rings. The summed E-state index contributed by atoms with van der Waals surface area (Å²) >= 11 is 20.1. The quantitative estimate of drug-likeness (QED) is 0.291. The largest absolute Gasteiger partial charge is 0.355 e. The maximum Gasteiger partial charge on any atom is 0.243 e. The molecule has 0 bridgehead atoms. The van der Waals surface area contributed by atoms with E-state index in [1.54, 1.807) is 35.2 Å². The molecule has 2 amide bonds. The average molecular weight is 550 g/mol. The number of likely N-dealkylation sites (N-methyl/N-ethyl adjacent to an activating group) is 1. The van der Waals surface area contributed by atoms with Gasteiger partial charge in [-0.2, -0.15) is 0 Å². The summed E-state index contributed by atoms with van der Waals surface area (Å²) in [6.07, 6.45) is 0.410. The number of thioether (sulfide) groups is 1. The Hall–Kier alpha value is -2.18. The lowest BCUT2D eigenvalue weighted by atomic mass is 10.0. The molecule has 0 aromatic heterocycles. The lowest BCUT2D eigenvalue weighted by Gasteiger charge is -2.31. The topological polar surface area (TPSA) is 49.4 Å². The van der Waals surface area contributed by atoms with Crippen molar-refractivity contribution in [3.63, 3.8) is 0 Å². The van der Waals surface area contributed by atoms with E-state index in [1.165, 1.54) is 11.8 Å². The highest BCUT2D eigenvalue weighted by Gasteiger charge is 2.30. The molecule has 35 heavy (non-hydrogen) atoms. The average Bonchev–Trinajstić information content (AvgIpc) is 2.85. The number of hydrogen-bond acceptors (Lipinski definition) is 3. The van der Waals surface area contributed by atoms with E-state index < -0.39 is 6.04 Å². The zero-order valence-corrected chi connectivity index (χ0v) is 22.4. The van der Waals surface area contributed by atoms with Crippen LogP contribution in [0.4, 0.5) is 0 Å². The molecule has 0 saturated heterocycles. The Morgan fingerprint density at radius 2 is 1.54 bits per heavy atom. The van der Waals surface area contributed by atoms with E-state index in [2.05, 4.69) is 5.32 Å². The van der Waals surface area contributed by atoms with Gasteiger partial charge in [-0.25, -0.2) is 0 Å². The van der Waals surface area contributed by atoms with Gasteiger partial charge in [-0.3, -0.25) is 9.59 Å². The Kier molecular flexibility index (Phi) is 10.8. The van der Waals surface area contributed by atoms with Gasteiger partial charge >= 0.3 is 0 Å². The summed E-state index contributed by atoms with van der Waals surface area (Å²) in [5, 5.41) is 4.65. The molecule has 4 nitrogen and oxygen atoms in total. The fraction of sp³-hybridized carbons (Fsp3) is 0.259. The van der Waals surface area contributed by atoms with Crippen LogP contribution in [0.3, 0.4) is 0 Å². The van der Waals surface area contributed by atoms with E-state index in [0.717, 1.165) is 16.7 Å². The van der Waals surface area contributed by atoms with Crippen LogP contribution in [0.2, 0.25) is 15.1 Å². The second kappa shape index (κ2) is 13.8. The molecule has 3 rings (SSSR count). The molecule has 0 radical (unpaired) electrons. The number of amides is 2. The summed E-state index contributed by atoms with van der Waals surface area (Å²) in [6, 6.07) is 21.7. The van der Waals surface area contributed by atoms with Crippen molar-refractivity contribution >= 4 is 58.4 Å². The molecule has 184 valence electrons. The standard InChI is InChI=1S/C27H27Cl3N2O2S/c1-2-31-27(34)25(15-19-7-4-3-5-8-19)32(16-20-11-13-21(28)14-12-20)26(33)18-35-17-22-23(29)9-6-10-24(22)30/h3-14,25H,2,15-18H2,1H3,(H,31,34)/t25-/m1/s1. The van der Waals surface area contributed by atoms with E-state index in [-0.39, 0.29) is 24.1 Å². The van der Waals surface area contributed by atoms with Gasteiger partial charge in [0.05, 0.1) is 5.75 Å². The van der Waals surface area contributed by atoms with Crippen LogP contribution in [0.15, 0.2) is 72.8 Å². The summed E-state index contributed by atoms with van der Waals surface area (Å²) in [5.41, 5.74) is 2.67. The van der Waals surface area contributed by atoms with Crippen molar-refractivity contribution in [1.82, 2.24) is 10.2 Å². The summed E-state index contributed by atoms with van der Waals surface area (Å²) in [6.45, 7) is 2.64. The number of nitrogens with zero attached hydrogens (tertiary/aromatic N) is 1. The van der Waals surface area contributed by atoms with Gasteiger partial charge in [-0.15, -0.1) is 11.8 Å². The first-order valence-corrected chi connectivity index (χ1v) is 13.5. The number of nitrogens with one attached hydrogen (secondary N) is 1. The summed E-state index contributed by atoms with van der Waals surface area (Å²) < 4.78 is 0. The SMILES string of the molecule is CCNC(=O)[C@@H](Cc1ccccc1)N(Cc1ccc(Cl)cc1)C(=O)CSCc1c(Cl)cccc1Cl. The molecule has 0 saturated carbocycles. The van der Waals surface area contributed by atoms with E-state index in [1.807, 2.05) is 49.4 Å². The maximum atomic E-state index is 13.5. The second-order valence-corrected chi connectivity index (χ2v) is 10.2. The van der Waals surface area contributed by atoms with Crippen LogP contribution >= 0.6 is 46.6 Å². The van der Waals surface area contributed by atoms with Crippen LogP contribution in [0.25, 0.3) is 0 Å². The first-order chi connectivity index (χ1) is 16.9. The molecular weight excluding hydrogens is 523 g/mol. The fourth-order valence-corrected chi connectivity index (χ4v) is 5.40. The fourth-order valence-electron chi connectivity index (χ4n) is 3.63. The number of halogens is 3. The molecule has 3 aromatic rings. The lowest BCUT2D eigenvalue weighted by molar-refractivity contribution is -0.139. The summed E-state index contributed by atoms with van der Waals surface area (Å²) in [5.74, 6) is 0.349. The Bertz CT molecular complexity index is 1110. The molecule has 0 aliphatic rings. The number of carbonyl (C=O) groups is 2. The van der Waals surface area contributed by atoms with Gasteiger partial charge in [-0.05, 0) is 47.9 Å². The molecular formula is C27H27Cl3N2O2S. The molecule has 0 aliphatic heterocycles. The Morgan fingerprint density at radius 1 is 0.886 bits per heavy atom. The zero-order valence-electron chi connectivity index (χ0n) is 19.3. The lowest BCUT2D eigenvalue weighted by Crippen LogP contribution is -2.51. The Labute approximate surface area is 225 Å². The molecule has 0 aliphatic carbocycles. The van der Waals surface area contributed by atoms with Crippen LogP contribution in [-0.4, -0.2) is 35.1 Å². The third-order valence-electron chi connectivity index (χ3n) is 5.42. The minimum absolute atomic E-state index is 0.139. The predicted octanol–water partition coefficient (Wildman–Crippen LogP) is 6.66. The van der Waals surface area contributed by atoms with Gasteiger partial charge in [0, 0.05) is 40.3 Å². The highest BCUT2D eigenvalue weighted by Crippen LogP contribution is 2.28. The first kappa shape index (κ1) is 27.4. The minimum atomic E-state index is -0.662. The second-order valence-electron chi connectivity index (χ2n) is 7.94. The Balaban J connectivity index is 1.84. The number of benzene rings is 3. The van der Waals surface area contributed by atoms with E-state index >= 15 is 0 Å². The van der Waals surface area contributed by atoms with Crippen LogP contribution in [-0.2, 0) is 28.3 Å². The zero-order chi connectivity index (χ0) is 25.2. The molecule has 0 unspecified atom stereocenters. The van der Waals surface area contributed by atoms with Crippen molar-refractivity contribution in [2.45, 2.75) is 31.7 Å². The predicted molar refractivity (Wildman–Crippen MR) is 147 cm³/mol. The van der Waals surface area contributed by atoms with Crippen molar-refractivity contribution in [2.75, 3.05) is 12.3 Å². The van der Waals surface area contributed by atoms with Crippen LogP contribution in [0.1, 0.15) is 23.6 Å². The van der Waals surface area contributed by atoms with Crippen molar-refractivity contribution < 1.29 is 9.59 Å². The van der Waals surface area contributed by atoms with Crippen molar-refractivity contribution in [2.24, 2.45) is 0 Å². The maximum absolute atomic E-state index is 13.5. The van der Waals surface area contributed by atoms with Crippen LogP contribution < -0.4 is 5.32 Å². The van der Waals surface area contributed by atoms with Crippen molar-refractivity contribution in [3.05, 3.63) is 105 Å². The van der Waals surface area contributed by atoms with Gasteiger partial charge in [0.25, 0.3) is 0 Å². The van der Waals surface area contributed by atoms with Crippen molar-refractivity contribution in [3.8, 4) is 0 Å². The summed E-state index contributed by atoms with van der Waals surface area (Å²) in [7, 11) is 0. The number of carbonyl (C=O) groups excluding carboxylic acids is 2. The normalized spacial score (nSPS) is 11.7. The molecule has 3 aromatic carbocycles. The highest BCUT2D eigenvalue weighted by molar-refractivity contribution is 7.99. The molecule has 0 spiro atoms. The third kappa shape index (κ3) is 8.18.